The van der Waals surface area contributed by atoms with E-state index in [2.05, 4.69) is 44.8 Å². The highest BCUT2D eigenvalue weighted by molar-refractivity contribution is 9.10. The highest BCUT2D eigenvalue weighted by atomic mass is 79.9. The lowest BCUT2D eigenvalue weighted by molar-refractivity contribution is 0.102. The Kier molecular flexibility index (Phi) is 4.83. The molecule has 30 heavy (non-hydrogen) atoms. The van der Waals surface area contributed by atoms with Crippen molar-refractivity contribution in [2.24, 2.45) is 5.92 Å². The van der Waals surface area contributed by atoms with Crippen LogP contribution in [0.15, 0.2) is 83.4 Å². The van der Waals surface area contributed by atoms with Gasteiger partial charge in [0.1, 0.15) is 5.75 Å². The van der Waals surface area contributed by atoms with Crippen LogP contribution in [0.1, 0.15) is 39.9 Å². The van der Waals surface area contributed by atoms with E-state index in [1.54, 1.807) is 6.07 Å². The first kappa shape index (κ1) is 18.9. The van der Waals surface area contributed by atoms with Gasteiger partial charge in [0.2, 0.25) is 0 Å². The van der Waals surface area contributed by atoms with Crippen molar-refractivity contribution in [2.75, 3.05) is 10.6 Å². The molecule has 1 amide bonds. The molecule has 3 atom stereocenters. The SMILES string of the molecule is O=C(Nc1ccccc1)c1cccc2c1NC(c1cc(Br)ccc1O)C1CC=CC21. The first-order chi connectivity index (χ1) is 14.6. The first-order valence-corrected chi connectivity index (χ1v) is 10.8. The van der Waals surface area contributed by atoms with Gasteiger partial charge in [-0.2, -0.15) is 0 Å². The zero-order valence-corrected chi connectivity index (χ0v) is 17.8. The summed E-state index contributed by atoms with van der Waals surface area (Å²) in [6.07, 6.45) is 5.35. The van der Waals surface area contributed by atoms with Crippen molar-refractivity contribution in [1.29, 1.82) is 0 Å². The van der Waals surface area contributed by atoms with Crippen LogP contribution < -0.4 is 10.6 Å². The molecule has 0 saturated heterocycles. The summed E-state index contributed by atoms with van der Waals surface area (Å²) in [7, 11) is 0. The lowest BCUT2D eigenvalue weighted by Crippen LogP contribution is -2.31. The lowest BCUT2D eigenvalue weighted by atomic mass is 9.76. The molecule has 3 unspecified atom stereocenters. The molecule has 2 aliphatic rings. The van der Waals surface area contributed by atoms with Gasteiger partial charge >= 0.3 is 0 Å². The number of para-hydroxylation sites is 2. The van der Waals surface area contributed by atoms with E-state index >= 15 is 0 Å². The van der Waals surface area contributed by atoms with Crippen LogP contribution in [0.25, 0.3) is 0 Å². The number of phenols is 1. The highest BCUT2D eigenvalue weighted by Gasteiger charge is 2.40. The van der Waals surface area contributed by atoms with Crippen molar-refractivity contribution in [1.82, 2.24) is 0 Å². The Morgan fingerprint density at radius 1 is 1.03 bits per heavy atom. The molecular formula is C25H21BrN2O2. The van der Waals surface area contributed by atoms with Gasteiger partial charge in [0.25, 0.3) is 5.91 Å². The molecule has 1 aliphatic heterocycles. The van der Waals surface area contributed by atoms with Gasteiger partial charge < -0.3 is 15.7 Å². The molecule has 5 heteroatoms. The molecule has 0 radical (unpaired) electrons. The fourth-order valence-electron chi connectivity index (χ4n) is 4.61. The molecule has 0 fully saturated rings. The average molecular weight is 461 g/mol. The fourth-order valence-corrected chi connectivity index (χ4v) is 4.99. The van der Waals surface area contributed by atoms with Crippen LogP contribution in [0.4, 0.5) is 11.4 Å². The number of amides is 1. The molecule has 150 valence electrons. The van der Waals surface area contributed by atoms with E-state index < -0.39 is 0 Å². The number of fused-ring (bicyclic) bond motifs is 3. The summed E-state index contributed by atoms with van der Waals surface area (Å²) >= 11 is 3.52. The number of nitrogens with one attached hydrogen (secondary N) is 2. The number of carbonyl (C=O) groups excluding carboxylic acids is 1. The van der Waals surface area contributed by atoms with Crippen LogP contribution in [-0.4, -0.2) is 11.0 Å². The third-order valence-electron chi connectivity index (χ3n) is 6.00. The molecule has 1 aliphatic carbocycles. The highest BCUT2D eigenvalue weighted by Crippen LogP contribution is 2.52. The summed E-state index contributed by atoms with van der Waals surface area (Å²) in [4.78, 5) is 13.1. The fraction of sp³-hybridized carbons (Fsp3) is 0.160. The maximum atomic E-state index is 13.1. The Labute approximate surface area is 183 Å². The monoisotopic (exact) mass is 460 g/mol. The van der Waals surface area contributed by atoms with Gasteiger partial charge in [0.05, 0.1) is 17.3 Å². The normalized spacial score (nSPS) is 21.4. The lowest BCUT2D eigenvalue weighted by Gasteiger charge is -2.38. The first-order valence-electron chi connectivity index (χ1n) is 10.0. The number of benzene rings is 3. The molecule has 4 nitrogen and oxygen atoms in total. The van der Waals surface area contributed by atoms with E-state index in [4.69, 9.17) is 0 Å². The third-order valence-corrected chi connectivity index (χ3v) is 6.49. The van der Waals surface area contributed by atoms with Gasteiger partial charge in [-0.15, -0.1) is 0 Å². The molecule has 5 rings (SSSR count). The Balaban J connectivity index is 1.56. The zero-order chi connectivity index (χ0) is 20.7. The van der Waals surface area contributed by atoms with E-state index in [1.165, 1.54) is 0 Å². The Morgan fingerprint density at radius 3 is 2.70 bits per heavy atom. The summed E-state index contributed by atoms with van der Waals surface area (Å²) in [5, 5.41) is 17.2. The topological polar surface area (TPSA) is 61.4 Å². The zero-order valence-electron chi connectivity index (χ0n) is 16.2. The van der Waals surface area contributed by atoms with Gasteiger partial charge in [-0.3, -0.25) is 4.79 Å². The molecular weight excluding hydrogens is 440 g/mol. The minimum absolute atomic E-state index is 0.0966. The van der Waals surface area contributed by atoms with E-state index in [-0.39, 0.29) is 29.5 Å². The third kappa shape index (κ3) is 3.29. The number of phenolic OH excluding ortho intramolecular Hbond substituents is 1. The van der Waals surface area contributed by atoms with E-state index in [1.807, 2.05) is 54.6 Å². The van der Waals surface area contributed by atoms with Crippen LogP contribution in [0.3, 0.4) is 0 Å². The van der Waals surface area contributed by atoms with Crippen molar-refractivity contribution in [3.63, 3.8) is 0 Å². The van der Waals surface area contributed by atoms with Crippen molar-refractivity contribution in [2.45, 2.75) is 18.4 Å². The second kappa shape index (κ2) is 7.65. The van der Waals surface area contributed by atoms with Gasteiger partial charge in [0.15, 0.2) is 0 Å². The Morgan fingerprint density at radius 2 is 1.87 bits per heavy atom. The van der Waals surface area contributed by atoms with E-state index in [0.29, 0.717) is 5.56 Å². The molecule has 1 heterocycles. The van der Waals surface area contributed by atoms with Gasteiger partial charge in [0, 0.05) is 21.6 Å². The molecule has 0 aromatic heterocycles. The van der Waals surface area contributed by atoms with Gasteiger partial charge in [-0.25, -0.2) is 0 Å². The van der Waals surface area contributed by atoms with Crippen LogP contribution in [0.2, 0.25) is 0 Å². The van der Waals surface area contributed by atoms with E-state index in [0.717, 1.165) is 33.4 Å². The predicted molar refractivity (Wildman–Crippen MR) is 123 cm³/mol. The maximum absolute atomic E-state index is 13.1. The molecule has 0 bridgehead atoms. The molecule has 3 aromatic rings. The predicted octanol–water partition coefficient (Wildman–Crippen LogP) is 6.23. The smallest absolute Gasteiger partial charge is 0.257 e. The number of allylic oxidation sites excluding steroid dienone is 2. The average Bonchev–Trinajstić information content (AvgIpc) is 3.25. The minimum Gasteiger partial charge on any atom is -0.508 e. The number of aromatic hydroxyl groups is 1. The standard InChI is InChI=1S/C25H21BrN2O2/c26-15-12-13-22(29)21(14-15)24-19-9-4-8-17(19)18-10-5-11-20(23(18)28-24)25(30)27-16-6-2-1-3-7-16/h1-8,10-14,17,19,24,28-29H,9H2,(H,27,30). The second-order valence-electron chi connectivity index (χ2n) is 7.77. The van der Waals surface area contributed by atoms with Crippen LogP contribution in [-0.2, 0) is 0 Å². The number of hydrogen-bond acceptors (Lipinski definition) is 3. The number of anilines is 2. The summed E-state index contributed by atoms with van der Waals surface area (Å²) < 4.78 is 0.917. The van der Waals surface area contributed by atoms with Gasteiger partial charge in [-0.05, 0) is 54.3 Å². The van der Waals surface area contributed by atoms with Crippen molar-refractivity contribution >= 4 is 33.2 Å². The summed E-state index contributed by atoms with van der Waals surface area (Å²) in [5.41, 5.74) is 4.17. The minimum atomic E-state index is -0.150. The van der Waals surface area contributed by atoms with Crippen molar-refractivity contribution < 1.29 is 9.90 Å². The number of halogens is 1. The quantitative estimate of drug-likeness (QED) is 0.405. The summed E-state index contributed by atoms with van der Waals surface area (Å²) in [6.45, 7) is 0. The summed E-state index contributed by atoms with van der Waals surface area (Å²) in [5.74, 6) is 0.596. The van der Waals surface area contributed by atoms with Crippen LogP contribution >= 0.6 is 15.9 Å². The van der Waals surface area contributed by atoms with E-state index in [9.17, 15) is 9.90 Å². The Hall–Kier alpha value is -3.05. The molecule has 3 N–H and O–H groups in total. The van der Waals surface area contributed by atoms with Crippen molar-refractivity contribution in [3.8, 4) is 5.75 Å². The molecule has 3 aromatic carbocycles. The van der Waals surface area contributed by atoms with Crippen LogP contribution in [0.5, 0.6) is 5.75 Å². The number of rotatable bonds is 3. The van der Waals surface area contributed by atoms with Crippen molar-refractivity contribution in [3.05, 3.63) is 100 Å². The summed E-state index contributed by atoms with van der Waals surface area (Å²) in [6, 6.07) is 20.7. The van der Waals surface area contributed by atoms with Crippen LogP contribution in [0, 0.1) is 5.92 Å². The molecule has 0 saturated carbocycles. The number of carbonyl (C=O) groups is 1. The molecule has 0 spiro atoms. The Bertz CT molecular complexity index is 1140. The number of hydrogen-bond donors (Lipinski definition) is 3. The van der Waals surface area contributed by atoms with Gasteiger partial charge in [-0.1, -0.05) is 58.4 Å². The second-order valence-corrected chi connectivity index (χ2v) is 8.68. The maximum Gasteiger partial charge on any atom is 0.257 e. The largest absolute Gasteiger partial charge is 0.508 e.